The quantitative estimate of drug-likeness (QED) is 0.822. The van der Waals surface area contributed by atoms with Gasteiger partial charge in [-0.3, -0.25) is 4.79 Å². The number of anilines is 2. The van der Waals surface area contributed by atoms with Crippen molar-refractivity contribution in [3.63, 3.8) is 0 Å². The number of benzene rings is 1. The molecule has 1 atom stereocenters. The number of alkyl halides is 3. The van der Waals surface area contributed by atoms with Crippen LogP contribution in [0, 0.1) is 5.92 Å². The maximum absolute atomic E-state index is 12.5. The van der Waals surface area contributed by atoms with E-state index in [2.05, 4.69) is 5.32 Å². The molecule has 1 unspecified atom stereocenters. The average molecular weight is 302 g/mol. The van der Waals surface area contributed by atoms with Crippen LogP contribution >= 0.6 is 0 Å². The number of carbonyl (C=O) groups is 1. The molecule has 116 valence electrons. The van der Waals surface area contributed by atoms with Crippen LogP contribution in [0.15, 0.2) is 18.2 Å². The van der Waals surface area contributed by atoms with Crippen molar-refractivity contribution in [2.45, 2.75) is 32.0 Å². The van der Waals surface area contributed by atoms with Crippen LogP contribution in [0.1, 0.15) is 25.3 Å². The molecular weight excluding hydrogens is 285 g/mol. The second kappa shape index (κ2) is 5.93. The Hall–Kier alpha value is -1.76. The summed E-state index contributed by atoms with van der Waals surface area (Å²) in [6.07, 6.45) is -2.91. The largest absolute Gasteiger partial charge is 0.416 e. The molecule has 1 amide bonds. The molecule has 0 spiro atoms. The van der Waals surface area contributed by atoms with Gasteiger partial charge >= 0.3 is 6.18 Å². The van der Waals surface area contributed by atoms with Gasteiger partial charge in [0.25, 0.3) is 5.91 Å². The van der Waals surface area contributed by atoms with E-state index < -0.39 is 23.8 Å². The van der Waals surface area contributed by atoms with Gasteiger partial charge in [0, 0.05) is 0 Å². The molecule has 0 radical (unpaired) electrons. The van der Waals surface area contributed by atoms with Crippen LogP contribution in [-0.4, -0.2) is 18.6 Å². The second-order valence-corrected chi connectivity index (χ2v) is 5.21. The summed E-state index contributed by atoms with van der Waals surface area (Å²) < 4.78 is 42.9. The second-order valence-electron chi connectivity index (χ2n) is 5.21. The minimum atomic E-state index is -4.46. The van der Waals surface area contributed by atoms with Gasteiger partial charge in [-0.1, -0.05) is 0 Å². The van der Waals surface area contributed by atoms with Crippen molar-refractivity contribution in [3.8, 4) is 0 Å². The van der Waals surface area contributed by atoms with E-state index in [1.54, 1.807) is 6.92 Å². The van der Waals surface area contributed by atoms with Gasteiger partial charge in [0.05, 0.1) is 23.5 Å². The summed E-state index contributed by atoms with van der Waals surface area (Å²) in [6, 6.07) is 2.82. The van der Waals surface area contributed by atoms with E-state index in [9.17, 15) is 18.0 Å². The Labute approximate surface area is 120 Å². The zero-order valence-corrected chi connectivity index (χ0v) is 11.5. The Morgan fingerprint density at radius 2 is 2.14 bits per heavy atom. The van der Waals surface area contributed by atoms with Crippen molar-refractivity contribution < 1.29 is 22.7 Å². The number of amides is 1. The lowest BCUT2D eigenvalue weighted by Crippen LogP contribution is -2.28. The number of halogens is 3. The smallest absolute Gasteiger partial charge is 0.397 e. The minimum Gasteiger partial charge on any atom is -0.397 e. The molecule has 1 aliphatic rings. The zero-order valence-electron chi connectivity index (χ0n) is 11.5. The molecule has 0 aromatic heterocycles. The van der Waals surface area contributed by atoms with Crippen LogP contribution < -0.4 is 11.1 Å². The highest BCUT2D eigenvalue weighted by molar-refractivity contribution is 5.96. The number of nitrogen functional groups attached to an aromatic ring is 1. The highest BCUT2D eigenvalue weighted by Crippen LogP contribution is 2.33. The normalized spacial score (nSPS) is 16.6. The van der Waals surface area contributed by atoms with E-state index in [4.69, 9.17) is 10.5 Å². The molecule has 1 aliphatic carbocycles. The van der Waals surface area contributed by atoms with E-state index in [0.717, 1.165) is 31.0 Å². The van der Waals surface area contributed by atoms with E-state index in [1.165, 1.54) is 0 Å². The van der Waals surface area contributed by atoms with Gasteiger partial charge in [0.2, 0.25) is 0 Å². The Morgan fingerprint density at radius 3 is 2.67 bits per heavy atom. The van der Waals surface area contributed by atoms with Crippen molar-refractivity contribution in [2.24, 2.45) is 5.92 Å². The first-order valence-corrected chi connectivity index (χ1v) is 6.66. The van der Waals surface area contributed by atoms with Crippen LogP contribution in [0.25, 0.3) is 0 Å². The maximum atomic E-state index is 12.5. The summed E-state index contributed by atoms with van der Waals surface area (Å²) in [5.41, 5.74) is 4.71. The molecule has 7 heteroatoms. The standard InChI is InChI=1S/C14H17F3N2O2/c1-8(21-7-9-2-3-9)13(20)19-12-5-4-10(6-11(12)18)14(15,16)17/h4-6,8-9H,2-3,7,18H2,1H3,(H,19,20). The topological polar surface area (TPSA) is 64.3 Å². The summed E-state index contributed by atoms with van der Waals surface area (Å²) in [5, 5.41) is 2.48. The fourth-order valence-electron chi connectivity index (χ4n) is 1.73. The van der Waals surface area contributed by atoms with E-state index in [1.807, 2.05) is 0 Å². The van der Waals surface area contributed by atoms with Crippen LogP contribution in [0.2, 0.25) is 0 Å². The maximum Gasteiger partial charge on any atom is 0.416 e. The van der Waals surface area contributed by atoms with E-state index in [0.29, 0.717) is 12.5 Å². The summed E-state index contributed by atoms with van der Waals surface area (Å²) in [6.45, 7) is 2.12. The van der Waals surface area contributed by atoms with Gasteiger partial charge in [-0.2, -0.15) is 13.2 Å². The Balaban J connectivity index is 1.96. The van der Waals surface area contributed by atoms with Crippen molar-refractivity contribution in [3.05, 3.63) is 23.8 Å². The summed E-state index contributed by atoms with van der Waals surface area (Å²) in [7, 11) is 0. The fraction of sp³-hybridized carbons (Fsp3) is 0.500. The number of hydrogen-bond acceptors (Lipinski definition) is 3. The molecule has 0 aliphatic heterocycles. The first kappa shape index (κ1) is 15.6. The van der Waals surface area contributed by atoms with Crippen molar-refractivity contribution in [1.82, 2.24) is 0 Å². The molecule has 3 N–H and O–H groups in total. The van der Waals surface area contributed by atoms with Gasteiger partial charge in [-0.25, -0.2) is 0 Å². The van der Waals surface area contributed by atoms with Gasteiger partial charge in [-0.15, -0.1) is 0 Å². The molecule has 1 fully saturated rings. The predicted octanol–water partition coefficient (Wildman–Crippen LogP) is 3.04. The monoisotopic (exact) mass is 302 g/mol. The first-order chi connectivity index (χ1) is 9.77. The first-order valence-electron chi connectivity index (χ1n) is 6.66. The molecule has 0 bridgehead atoms. The molecule has 1 aromatic carbocycles. The Kier molecular flexibility index (Phi) is 4.41. The molecule has 21 heavy (non-hydrogen) atoms. The van der Waals surface area contributed by atoms with Crippen molar-refractivity contribution >= 4 is 17.3 Å². The summed E-state index contributed by atoms with van der Waals surface area (Å²) in [5.74, 6) is 0.0958. The molecule has 0 heterocycles. The summed E-state index contributed by atoms with van der Waals surface area (Å²) in [4.78, 5) is 11.9. The number of rotatable bonds is 5. The zero-order chi connectivity index (χ0) is 15.6. The van der Waals surface area contributed by atoms with E-state index >= 15 is 0 Å². The van der Waals surface area contributed by atoms with Crippen LogP contribution in [0.3, 0.4) is 0 Å². The van der Waals surface area contributed by atoms with Crippen LogP contribution in [0.5, 0.6) is 0 Å². The number of ether oxygens (including phenoxy) is 1. The van der Waals surface area contributed by atoms with Gasteiger partial charge in [-0.05, 0) is 43.9 Å². The molecule has 1 aromatic rings. The van der Waals surface area contributed by atoms with Gasteiger partial charge < -0.3 is 15.8 Å². The molecule has 0 saturated heterocycles. The highest BCUT2D eigenvalue weighted by atomic mass is 19.4. The van der Waals surface area contributed by atoms with Gasteiger partial charge in [0.15, 0.2) is 0 Å². The Morgan fingerprint density at radius 1 is 1.48 bits per heavy atom. The van der Waals surface area contributed by atoms with E-state index in [-0.39, 0.29) is 11.4 Å². The summed E-state index contributed by atoms with van der Waals surface area (Å²) >= 11 is 0. The van der Waals surface area contributed by atoms with Crippen LogP contribution in [0.4, 0.5) is 24.5 Å². The number of nitrogens with one attached hydrogen (secondary N) is 1. The molecule has 2 rings (SSSR count). The molecular formula is C14H17F3N2O2. The molecule has 1 saturated carbocycles. The molecule has 4 nitrogen and oxygen atoms in total. The minimum absolute atomic E-state index is 0.132. The number of carbonyl (C=O) groups excluding carboxylic acids is 1. The lowest BCUT2D eigenvalue weighted by atomic mass is 10.1. The van der Waals surface area contributed by atoms with Crippen molar-refractivity contribution in [2.75, 3.05) is 17.7 Å². The third-order valence-electron chi connectivity index (χ3n) is 3.28. The highest BCUT2D eigenvalue weighted by Gasteiger charge is 2.31. The SMILES string of the molecule is CC(OCC1CC1)C(=O)Nc1ccc(C(F)(F)F)cc1N. The number of hydrogen-bond donors (Lipinski definition) is 2. The van der Waals surface area contributed by atoms with Crippen LogP contribution in [-0.2, 0) is 15.7 Å². The Bertz CT molecular complexity index is 527. The lowest BCUT2D eigenvalue weighted by molar-refractivity contribution is -0.137. The lowest BCUT2D eigenvalue weighted by Gasteiger charge is -2.15. The van der Waals surface area contributed by atoms with Gasteiger partial charge in [0.1, 0.15) is 6.10 Å². The predicted molar refractivity (Wildman–Crippen MR) is 72.6 cm³/mol. The number of nitrogens with two attached hydrogens (primary N) is 1. The third kappa shape index (κ3) is 4.35. The average Bonchev–Trinajstić information content (AvgIpc) is 3.21. The fourth-order valence-corrected chi connectivity index (χ4v) is 1.73. The van der Waals surface area contributed by atoms with Crippen molar-refractivity contribution in [1.29, 1.82) is 0 Å². The third-order valence-corrected chi connectivity index (χ3v) is 3.28.